The molecule has 5 nitrogen and oxygen atoms in total. The van der Waals surface area contributed by atoms with Gasteiger partial charge in [-0.3, -0.25) is 14.5 Å². The van der Waals surface area contributed by atoms with Gasteiger partial charge >= 0.3 is 0 Å². The van der Waals surface area contributed by atoms with Crippen molar-refractivity contribution in [1.82, 2.24) is 20.1 Å². The van der Waals surface area contributed by atoms with Crippen molar-refractivity contribution in [3.63, 3.8) is 0 Å². The molecule has 0 spiro atoms. The molecule has 4 rings (SSSR count). The van der Waals surface area contributed by atoms with E-state index in [9.17, 15) is 4.79 Å². The van der Waals surface area contributed by atoms with Crippen molar-refractivity contribution in [2.45, 2.75) is 26.9 Å². The molecule has 4 aromatic rings. The van der Waals surface area contributed by atoms with E-state index in [0.29, 0.717) is 24.3 Å². The molecule has 0 fully saturated rings. The summed E-state index contributed by atoms with van der Waals surface area (Å²) in [7, 11) is 0. The van der Waals surface area contributed by atoms with E-state index in [2.05, 4.69) is 41.5 Å². The van der Waals surface area contributed by atoms with Gasteiger partial charge in [0.2, 0.25) is 0 Å². The maximum absolute atomic E-state index is 13.0. The summed E-state index contributed by atoms with van der Waals surface area (Å²) < 4.78 is 1.83. The van der Waals surface area contributed by atoms with E-state index in [1.54, 1.807) is 12.4 Å². The third kappa shape index (κ3) is 4.63. The van der Waals surface area contributed by atoms with E-state index in [4.69, 9.17) is 5.10 Å². The van der Waals surface area contributed by atoms with Gasteiger partial charge in [0.15, 0.2) is 0 Å². The highest BCUT2D eigenvalue weighted by Crippen LogP contribution is 2.23. The first-order chi connectivity index (χ1) is 14.6. The first-order valence-electron chi connectivity index (χ1n) is 9.95. The molecule has 150 valence electrons. The first-order valence-corrected chi connectivity index (χ1v) is 9.95. The minimum atomic E-state index is -0.149. The van der Waals surface area contributed by atoms with E-state index >= 15 is 0 Å². The maximum Gasteiger partial charge on any atom is 0.255 e. The fourth-order valence-electron chi connectivity index (χ4n) is 3.25. The molecule has 0 aliphatic heterocycles. The van der Waals surface area contributed by atoms with Gasteiger partial charge in [-0.25, -0.2) is 0 Å². The SMILES string of the molecule is Cc1ccc(Cn2cc(C(=O)NCc3cccnc3)c(-c3ccc(C)cc3)n2)cc1. The Balaban J connectivity index is 1.62. The normalized spacial score (nSPS) is 10.7. The number of carbonyl (C=O) groups excluding carboxylic acids is 1. The van der Waals surface area contributed by atoms with Gasteiger partial charge in [0.1, 0.15) is 5.69 Å². The number of carbonyl (C=O) groups is 1. The van der Waals surface area contributed by atoms with Crippen LogP contribution in [0.1, 0.15) is 32.6 Å². The summed E-state index contributed by atoms with van der Waals surface area (Å²) in [5, 5.41) is 7.74. The molecule has 0 aliphatic carbocycles. The van der Waals surface area contributed by atoms with Gasteiger partial charge in [-0.15, -0.1) is 0 Å². The number of nitrogens with zero attached hydrogens (tertiary/aromatic N) is 3. The number of aryl methyl sites for hydroxylation is 2. The Labute approximate surface area is 176 Å². The maximum atomic E-state index is 13.0. The van der Waals surface area contributed by atoms with Crippen LogP contribution in [0.4, 0.5) is 0 Å². The van der Waals surface area contributed by atoms with Gasteiger partial charge in [0.05, 0.1) is 12.1 Å². The van der Waals surface area contributed by atoms with E-state index in [1.807, 2.05) is 54.2 Å². The summed E-state index contributed by atoms with van der Waals surface area (Å²) >= 11 is 0. The first kappa shape index (κ1) is 19.6. The third-order valence-corrected chi connectivity index (χ3v) is 4.97. The lowest BCUT2D eigenvalue weighted by atomic mass is 10.1. The quantitative estimate of drug-likeness (QED) is 0.520. The number of rotatable bonds is 6. The van der Waals surface area contributed by atoms with E-state index in [1.165, 1.54) is 11.1 Å². The summed E-state index contributed by atoms with van der Waals surface area (Å²) in [5.41, 5.74) is 6.65. The summed E-state index contributed by atoms with van der Waals surface area (Å²) in [6.07, 6.45) is 5.30. The molecule has 0 atom stereocenters. The fraction of sp³-hybridized carbons (Fsp3) is 0.160. The number of hydrogen-bond donors (Lipinski definition) is 1. The predicted molar refractivity (Wildman–Crippen MR) is 118 cm³/mol. The molecule has 2 heterocycles. The lowest BCUT2D eigenvalue weighted by Crippen LogP contribution is -2.23. The van der Waals surface area contributed by atoms with Crippen LogP contribution in [0, 0.1) is 13.8 Å². The zero-order valence-corrected chi connectivity index (χ0v) is 17.2. The second-order valence-corrected chi connectivity index (χ2v) is 7.48. The minimum Gasteiger partial charge on any atom is -0.348 e. The Bertz CT molecular complexity index is 1130. The van der Waals surface area contributed by atoms with E-state index in [0.717, 1.165) is 16.7 Å². The summed E-state index contributed by atoms with van der Waals surface area (Å²) in [6, 6.07) is 20.2. The Morgan fingerprint density at radius 2 is 1.63 bits per heavy atom. The molecule has 2 aromatic carbocycles. The molecule has 30 heavy (non-hydrogen) atoms. The molecule has 5 heteroatoms. The van der Waals surface area contributed by atoms with Gasteiger partial charge in [0, 0.05) is 30.7 Å². The lowest BCUT2D eigenvalue weighted by molar-refractivity contribution is 0.0951. The van der Waals surface area contributed by atoms with Crippen LogP contribution in [0.2, 0.25) is 0 Å². The van der Waals surface area contributed by atoms with Crippen LogP contribution in [0.25, 0.3) is 11.3 Å². The zero-order chi connectivity index (χ0) is 20.9. The van der Waals surface area contributed by atoms with Gasteiger partial charge in [-0.2, -0.15) is 5.10 Å². The molecular weight excluding hydrogens is 372 g/mol. The smallest absolute Gasteiger partial charge is 0.255 e. The van der Waals surface area contributed by atoms with Gasteiger partial charge < -0.3 is 5.32 Å². The molecular formula is C25H24N4O. The highest BCUT2D eigenvalue weighted by Gasteiger charge is 2.18. The molecule has 0 saturated carbocycles. The average molecular weight is 396 g/mol. The van der Waals surface area contributed by atoms with Crippen molar-refractivity contribution in [3.05, 3.63) is 107 Å². The Morgan fingerprint density at radius 1 is 0.933 bits per heavy atom. The number of aromatic nitrogens is 3. The van der Waals surface area contributed by atoms with Crippen LogP contribution >= 0.6 is 0 Å². The summed E-state index contributed by atoms with van der Waals surface area (Å²) in [4.78, 5) is 17.1. The van der Waals surface area contributed by atoms with Gasteiger partial charge in [0.25, 0.3) is 5.91 Å². The highest BCUT2D eigenvalue weighted by molar-refractivity contribution is 5.99. The molecule has 1 amide bonds. The molecule has 0 radical (unpaired) electrons. The largest absolute Gasteiger partial charge is 0.348 e. The third-order valence-electron chi connectivity index (χ3n) is 4.97. The van der Waals surface area contributed by atoms with E-state index in [-0.39, 0.29) is 5.91 Å². The van der Waals surface area contributed by atoms with Gasteiger partial charge in [-0.1, -0.05) is 65.7 Å². The van der Waals surface area contributed by atoms with Crippen LogP contribution in [-0.2, 0) is 13.1 Å². The minimum absolute atomic E-state index is 0.149. The van der Waals surface area contributed by atoms with Crippen molar-refractivity contribution < 1.29 is 4.79 Å². The van der Waals surface area contributed by atoms with Crippen LogP contribution in [0.3, 0.4) is 0 Å². The van der Waals surface area contributed by atoms with Crippen LogP contribution in [-0.4, -0.2) is 20.7 Å². The van der Waals surface area contributed by atoms with Crippen LogP contribution in [0.5, 0.6) is 0 Å². The predicted octanol–water partition coefficient (Wildman–Crippen LogP) is 4.54. The number of nitrogens with one attached hydrogen (secondary N) is 1. The lowest BCUT2D eigenvalue weighted by Gasteiger charge is -2.05. The van der Waals surface area contributed by atoms with Crippen molar-refractivity contribution in [1.29, 1.82) is 0 Å². The molecule has 0 bridgehead atoms. The zero-order valence-electron chi connectivity index (χ0n) is 17.2. The summed E-state index contributed by atoms with van der Waals surface area (Å²) in [5.74, 6) is -0.149. The second-order valence-electron chi connectivity index (χ2n) is 7.48. The number of hydrogen-bond acceptors (Lipinski definition) is 3. The van der Waals surface area contributed by atoms with Crippen molar-refractivity contribution >= 4 is 5.91 Å². The average Bonchev–Trinajstić information content (AvgIpc) is 3.19. The molecule has 0 unspecified atom stereocenters. The number of pyridine rings is 1. The molecule has 2 aromatic heterocycles. The Kier molecular flexibility index (Phi) is 5.70. The highest BCUT2D eigenvalue weighted by atomic mass is 16.1. The van der Waals surface area contributed by atoms with E-state index < -0.39 is 0 Å². The van der Waals surface area contributed by atoms with Crippen molar-refractivity contribution in [2.24, 2.45) is 0 Å². The Morgan fingerprint density at radius 3 is 2.30 bits per heavy atom. The van der Waals surface area contributed by atoms with Crippen LogP contribution < -0.4 is 5.32 Å². The number of benzene rings is 2. The van der Waals surface area contributed by atoms with Crippen LogP contribution in [0.15, 0.2) is 79.3 Å². The molecule has 0 aliphatic rings. The monoisotopic (exact) mass is 396 g/mol. The van der Waals surface area contributed by atoms with Gasteiger partial charge in [-0.05, 0) is 31.0 Å². The topological polar surface area (TPSA) is 59.8 Å². The molecule has 0 saturated heterocycles. The Hall–Kier alpha value is -3.73. The number of amides is 1. The fourth-order valence-corrected chi connectivity index (χ4v) is 3.25. The second kappa shape index (κ2) is 8.74. The van der Waals surface area contributed by atoms with Crippen molar-refractivity contribution in [2.75, 3.05) is 0 Å². The molecule has 1 N–H and O–H groups in total. The van der Waals surface area contributed by atoms with Crippen molar-refractivity contribution in [3.8, 4) is 11.3 Å². The summed E-state index contributed by atoms with van der Waals surface area (Å²) in [6.45, 7) is 5.14. The standard InChI is InChI=1S/C25H24N4O/c1-18-5-9-20(10-6-18)16-29-17-23(24(28-29)22-11-7-19(2)8-12-22)25(30)27-15-21-4-3-13-26-14-21/h3-14,17H,15-16H2,1-2H3,(H,27,30).